The van der Waals surface area contributed by atoms with Crippen LogP contribution >= 0.6 is 62.2 Å². The number of hydrogen-bond donors (Lipinski definition) is 0. The maximum atomic E-state index is 2.57. The lowest BCUT2D eigenvalue weighted by Gasteiger charge is -2.26. The standard InChI is InChI=1S/C18H40N2S6/c1-9-19(10-2)17(25(13-5)14-6)21-23-24-22-18(20(11-3)12-4)26(15-7)16-8/h9-16H2,1-8H3. The summed E-state index contributed by atoms with van der Waals surface area (Å²) in [5, 5.41) is 0. The zero-order valence-corrected chi connectivity index (χ0v) is 22.9. The van der Waals surface area contributed by atoms with E-state index in [0.717, 1.165) is 26.2 Å². The van der Waals surface area contributed by atoms with Crippen LogP contribution in [0, 0.1) is 0 Å². The minimum Gasteiger partial charge on any atom is -0.265 e. The Kier molecular flexibility index (Phi) is 18.8. The molecule has 2 nitrogen and oxygen atoms in total. The molecule has 0 amide bonds. The lowest BCUT2D eigenvalue weighted by Crippen LogP contribution is -2.28. The maximum Gasteiger partial charge on any atom is 0.0874 e. The molecule has 0 aromatic carbocycles. The summed E-state index contributed by atoms with van der Waals surface area (Å²) >= 11 is 0. The van der Waals surface area contributed by atoms with Gasteiger partial charge in [0.15, 0.2) is 0 Å². The molecule has 0 heterocycles. The quantitative estimate of drug-likeness (QED) is 0.176. The summed E-state index contributed by atoms with van der Waals surface area (Å²) in [6, 6.07) is 0. The summed E-state index contributed by atoms with van der Waals surface area (Å²) in [6.07, 6.45) is 0. The number of hydrogen-bond acceptors (Lipinski definition) is 4. The van der Waals surface area contributed by atoms with Crippen molar-refractivity contribution in [3.8, 4) is 0 Å². The smallest absolute Gasteiger partial charge is 0.0874 e. The fraction of sp³-hybridized carbons (Fsp3) is 0.889. The SMILES string of the molecule is CCN(CC)C(SSSSC(N(CC)CC)=S(CC)CC)=S(CC)CC. The Bertz CT molecular complexity index is 379. The molecule has 0 spiro atoms. The first-order valence-electron chi connectivity index (χ1n) is 9.84. The highest BCUT2D eigenvalue weighted by Crippen LogP contribution is 2.48. The molecule has 0 rings (SSSR count). The van der Waals surface area contributed by atoms with E-state index in [4.69, 9.17) is 0 Å². The van der Waals surface area contributed by atoms with Crippen LogP contribution in [0.1, 0.15) is 55.4 Å². The molecule has 0 aliphatic carbocycles. The molecule has 0 bridgehead atoms. The molecule has 0 N–H and O–H groups in total. The summed E-state index contributed by atoms with van der Waals surface area (Å²) < 4.78 is 3.21. The molecular formula is C18H40N2S6. The van der Waals surface area contributed by atoms with E-state index >= 15 is 0 Å². The van der Waals surface area contributed by atoms with Crippen molar-refractivity contribution in [2.45, 2.75) is 55.4 Å². The third kappa shape index (κ3) is 9.51. The van der Waals surface area contributed by atoms with Gasteiger partial charge in [0.2, 0.25) is 0 Å². The van der Waals surface area contributed by atoms with Gasteiger partial charge in [-0.2, -0.15) is 21.0 Å². The van der Waals surface area contributed by atoms with Crippen LogP contribution in [0.3, 0.4) is 0 Å². The Morgan fingerprint density at radius 3 is 1.00 bits per heavy atom. The Morgan fingerprint density at radius 2 is 0.808 bits per heavy atom. The van der Waals surface area contributed by atoms with E-state index in [9.17, 15) is 0 Å². The molecular weight excluding hydrogens is 437 g/mol. The summed E-state index contributed by atoms with van der Waals surface area (Å²) in [5.74, 6) is 5.05. The van der Waals surface area contributed by atoms with E-state index in [2.05, 4.69) is 65.2 Å². The first-order chi connectivity index (χ1) is 12.6. The van der Waals surface area contributed by atoms with Crippen molar-refractivity contribution in [3.05, 3.63) is 0 Å². The van der Waals surface area contributed by atoms with Crippen LogP contribution in [0.5, 0.6) is 0 Å². The third-order valence-electron chi connectivity index (χ3n) is 4.17. The van der Waals surface area contributed by atoms with Gasteiger partial charge in [0.25, 0.3) is 0 Å². The van der Waals surface area contributed by atoms with E-state index in [0.29, 0.717) is 21.0 Å². The van der Waals surface area contributed by atoms with Crippen LogP contribution in [0.25, 0.3) is 0 Å². The predicted octanol–water partition coefficient (Wildman–Crippen LogP) is 7.14. The van der Waals surface area contributed by atoms with Crippen LogP contribution < -0.4 is 0 Å². The average Bonchev–Trinajstić information content (AvgIpc) is 2.67. The van der Waals surface area contributed by atoms with Crippen molar-refractivity contribution < 1.29 is 0 Å². The highest BCUT2D eigenvalue weighted by atomic mass is 33.7. The summed E-state index contributed by atoms with van der Waals surface area (Å²) in [5.41, 5.74) is 0. The van der Waals surface area contributed by atoms with E-state index in [1.807, 2.05) is 41.2 Å². The number of rotatable bonds is 11. The summed E-state index contributed by atoms with van der Waals surface area (Å²) in [7, 11) is 8.77. The van der Waals surface area contributed by atoms with Crippen molar-refractivity contribution in [1.29, 1.82) is 0 Å². The zero-order chi connectivity index (χ0) is 19.9. The molecule has 0 fully saturated rings. The lowest BCUT2D eigenvalue weighted by atomic mass is 10.6. The highest BCUT2D eigenvalue weighted by Gasteiger charge is 2.15. The molecule has 0 aromatic heterocycles. The van der Waals surface area contributed by atoms with Crippen LogP contribution in [0.15, 0.2) is 0 Å². The fourth-order valence-corrected chi connectivity index (χ4v) is 16.1. The predicted molar refractivity (Wildman–Crippen MR) is 144 cm³/mol. The summed E-state index contributed by atoms with van der Waals surface area (Å²) in [6.45, 7) is 22.9. The third-order valence-corrected chi connectivity index (χ3v) is 16.7. The maximum absolute atomic E-state index is 2.57. The molecule has 0 saturated heterocycles. The molecule has 0 radical (unpaired) electrons. The molecule has 0 saturated carbocycles. The van der Waals surface area contributed by atoms with Gasteiger partial charge in [-0.3, -0.25) is 9.80 Å². The van der Waals surface area contributed by atoms with Gasteiger partial charge in [-0.25, -0.2) is 0 Å². The average molecular weight is 477 g/mol. The van der Waals surface area contributed by atoms with Gasteiger partial charge >= 0.3 is 0 Å². The molecule has 158 valence electrons. The van der Waals surface area contributed by atoms with E-state index in [-0.39, 0.29) is 0 Å². The Hall–Kier alpha value is 1.76. The van der Waals surface area contributed by atoms with Crippen molar-refractivity contribution in [1.82, 2.24) is 9.80 Å². The Labute approximate surface area is 184 Å². The number of nitrogens with zero attached hydrogens (tertiary/aromatic N) is 2. The minimum atomic E-state index is 0.402. The van der Waals surface area contributed by atoms with Crippen LogP contribution in [0.4, 0.5) is 0 Å². The monoisotopic (exact) mass is 476 g/mol. The van der Waals surface area contributed by atoms with Gasteiger partial charge < -0.3 is 0 Å². The minimum absolute atomic E-state index is 0.402. The first-order valence-corrected chi connectivity index (χ1v) is 17.8. The molecule has 0 aliphatic rings. The second-order valence-corrected chi connectivity index (χ2v) is 16.5. The van der Waals surface area contributed by atoms with Crippen molar-refractivity contribution in [2.24, 2.45) is 0 Å². The van der Waals surface area contributed by atoms with E-state index < -0.39 is 0 Å². The Balaban J connectivity index is 5.08. The van der Waals surface area contributed by atoms with E-state index in [1.54, 1.807) is 8.64 Å². The topological polar surface area (TPSA) is 6.48 Å². The second-order valence-electron chi connectivity index (χ2n) is 5.32. The van der Waals surface area contributed by atoms with Crippen LogP contribution in [-0.2, 0) is 0 Å². The molecule has 26 heavy (non-hydrogen) atoms. The van der Waals surface area contributed by atoms with Crippen LogP contribution in [-0.4, -0.2) is 67.6 Å². The molecule has 0 unspecified atom stereocenters. The highest BCUT2D eigenvalue weighted by molar-refractivity contribution is 9.29. The van der Waals surface area contributed by atoms with Gasteiger partial charge in [0.1, 0.15) is 0 Å². The van der Waals surface area contributed by atoms with Gasteiger partial charge in [-0.05, 0) is 64.3 Å². The fourth-order valence-electron chi connectivity index (χ4n) is 2.52. The summed E-state index contributed by atoms with van der Waals surface area (Å²) in [4.78, 5) is 5.13. The first kappa shape index (κ1) is 27.8. The molecule has 8 heteroatoms. The van der Waals surface area contributed by atoms with Gasteiger partial charge in [-0.15, -0.1) is 0 Å². The lowest BCUT2D eigenvalue weighted by molar-refractivity contribution is 0.482. The van der Waals surface area contributed by atoms with Crippen molar-refractivity contribution in [2.75, 3.05) is 49.2 Å². The second kappa shape index (κ2) is 17.6. The van der Waals surface area contributed by atoms with Gasteiger partial charge in [0.05, 0.1) is 8.64 Å². The van der Waals surface area contributed by atoms with E-state index in [1.165, 1.54) is 23.0 Å². The zero-order valence-electron chi connectivity index (χ0n) is 18.0. The van der Waals surface area contributed by atoms with Crippen molar-refractivity contribution in [3.63, 3.8) is 0 Å². The van der Waals surface area contributed by atoms with Crippen molar-refractivity contribution >= 4 is 70.8 Å². The van der Waals surface area contributed by atoms with Gasteiger partial charge in [-0.1, -0.05) is 55.4 Å². The largest absolute Gasteiger partial charge is 0.265 e. The molecule has 0 atom stereocenters. The normalized spacial score (nSPS) is 12.0. The van der Waals surface area contributed by atoms with Crippen LogP contribution in [0.2, 0.25) is 0 Å². The molecule has 0 aliphatic heterocycles. The molecule has 0 aromatic rings. The van der Waals surface area contributed by atoms with Gasteiger partial charge in [0, 0.05) is 26.2 Å². The Morgan fingerprint density at radius 1 is 0.538 bits per heavy atom.